The van der Waals surface area contributed by atoms with Gasteiger partial charge in [-0.15, -0.1) is 0 Å². The molecule has 0 spiro atoms. The third-order valence-electron chi connectivity index (χ3n) is 2.03. The minimum absolute atomic E-state index is 0. The van der Waals surface area contributed by atoms with Crippen LogP contribution in [0.3, 0.4) is 0 Å². The first-order valence-corrected chi connectivity index (χ1v) is 4.52. The van der Waals surface area contributed by atoms with Crippen LogP contribution in [0.2, 0.25) is 0 Å². The van der Waals surface area contributed by atoms with Crippen molar-refractivity contribution >= 4 is 62.2 Å². The Balaban J connectivity index is 0.000000980. The van der Waals surface area contributed by atoms with Gasteiger partial charge in [0.15, 0.2) is 0 Å². The quantitative estimate of drug-likeness (QED) is 0.695. The van der Waals surface area contributed by atoms with Crippen molar-refractivity contribution in [3.05, 3.63) is 42.5 Å². The normalized spacial score (nSPS) is 9.50. The maximum absolute atomic E-state index is 5.41. The summed E-state index contributed by atoms with van der Waals surface area (Å²) in [4.78, 5) is 0. The van der Waals surface area contributed by atoms with Crippen LogP contribution in [0, 0.1) is 0 Å². The Bertz CT molecular complexity index is 412. The standard InChI is InChI=1S/C12H12O.K.H/c1-2-13-12-8-7-10-5-3-4-6-11(10)9-12;;/h3-9H,2H2,1H3;;. The van der Waals surface area contributed by atoms with Crippen LogP contribution in [0.5, 0.6) is 5.75 Å². The molecule has 0 aliphatic heterocycles. The van der Waals surface area contributed by atoms with E-state index in [0.717, 1.165) is 12.4 Å². The van der Waals surface area contributed by atoms with Crippen molar-refractivity contribution in [2.45, 2.75) is 6.92 Å². The third-order valence-corrected chi connectivity index (χ3v) is 2.03. The van der Waals surface area contributed by atoms with Crippen molar-refractivity contribution in [2.24, 2.45) is 0 Å². The molecule has 0 N–H and O–H groups in total. The Kier molecular flexibility index (Phi) is 5.13. The van der Waals surface area contributed by atoms with Crippen LogP contribution in [0.25, 0.3) is 10.8 Å². The second kappa shape index (κ2) is 5.88. The van der Waals surface area contributed by atoms with Gasteiger partial charge >= 0.3 is 51.4 Å². The number of hydrogen-bond donors (Lipinski definition) is 0. The topological polar surface area (TPSA) is 9.23 Å². The Morgan fingerprint density at radius 1 is 1.00 bits per heavy atom. The summed E-state index contributed by atoms with van der Waals surface area (Å²) >= 11 is 0. The van der Waals surface area contributed by atoms with E-state index in [9.17, 15) is 0 Å². The number of benzene rings is 2. The molecule has 0 saturated heterocycles. The van der Waals surface area contributed by atoms with E-state index >= 15 is 0 Å². The van der Waals surface area contributed by atoms with Gasteiger partial charge in [-0.1, -0.05) is 30.3 Å². The van der Waals surface area contributed by atoms with Crippen molar-refractivity contribution in [3.63, 3.8) is 0 Å². The van der Waals surface area contributed by atoms with E-state index < -0.39 is 0 Å². The maximum atomic E-state index is 5.41. The first kappa shape index (κ1) is 12.2. The van der Waals surface area contributed by atoms with Crippen LogP contribution in [0.1, 0.15) is 6.92 Å². The van der Waals surface area contributed by atoms with Crippen molar-refractivity contribution < 1.29 is 4.74 Å². The SMILES string of the molecule is CCOc1ccc2ccccc2c1.[KH]. The van der Waals surface area contributed by atoms with E-state index in [1.807, 2.05) is 25.1 Å². The molecule has 0 aliphatic rings. The Hall–Kier alpha value is 0.136. The van der Waals surface area contributed by atoms with E-state index in [2.05, 4.69) is 24.3 Å². The zero-order valence-electron chi connectivity index (χ0n) is 7.66. The van der Waals surface area contributed by atoms with E-state index in [0.29, 0.717) is 0 Å². The number of rotatable bonds is 2. The summed E-state index contributed by atoms with van der Waals surface area (Å²) in [7, 11) is 0. The molecular formula is C12H13KO. The molecule has 0 aliphatic carbocycles. The fourth-order valence-corrected chi connectivity index (χ4v) is 1.42. The molecular weight excluding hydrogens is 199 g/mol. The number of hydrogen-bond acceptors (Lipinski definition) is 1. The molecule has 0 unspecified atom stereocenters. The molecule has 68 valence electrons. The molecule has 0 amide bonds. The molecule has 14 heavy (non-hydrogen) atoms. The van der Waals surface area contributed by atoms with Crippen LogP contribution in [-0.4, -0.2) is 58.0 Å². The molecule has 0 fully saturated rings. The second-order valence-corrected chi connectivity index (χ2v) is 2.94. The third kappa shape index (κ3) is 2.81. The van der Waals surface area contributed by atoms with Gasteiger partial charge in [-0.05, 0) is 29.8 Å². The summed E-state index contributed by atoms with van der Waals surface area (Å²) < 4.78 is 5.41. The first-order valence-electron chi connectivity index (χ1n) is 4.52. The molecule has 2 aromatic carbocycles. The summed E-state index contributed by atoms with van der Waals surface area (Å²) in [5.41, 5.74) is 0. The van der Waals surface area contributed by atoms with Gasteiger partial charge in [0.05, 0.1) is 6.61 Å². The van der Waals surface area contributed by atoms with Crippen molar-refractivity contribution in [3.8, 4) is 5.75 Å². The summed E-state index contributed by atoms with van der Waals surface area (Å²) in [6, 6.07) is 14.4. The van der Waals surface area contributed by atoms with Crippen molar-refractivity contribution in [1.29, 1.82) is 0 Å². The fourth-order valence-electron chi connectivity index (χ4n) is 1.42. The molecule has 0 bridgehead atoms. The number of ether oxygens (including phenoxy) is 1. The average molecular weight is 212 g/mol. The van der Waals surface area contributed by atoms with Gasteiger partial charge in [-0.2, -0.15) is 0 Å². The molecule has 2 heteroatoms. The molecule has 1 nitrogen and oxygen atoms in total. The monoisotopic (exact) mass is 212 g/mol. The van der Waals surface area contributed by atoms with Crippen LogP contribution in [0.4, 0.5) is 0 Å². The van der Waals surface area contributed by atoms with Gasteiger partial charge in [0.2, 0.25) is 0 Å². The van der Waals surface area contributed by atoms with Gasteiger partial charge in [0.1, 0.15) is 5.75 Å². The summed E-state index contributed by atoms with van der Waals surface area (Å²) in [6.45, 7) is 2.72. The summed E-state index contributed by atoms with van der Waals surface area (Å²) in [6.07, 6.45) is 0. The first-order chi connectivity index (χ1) is 6.40. The molecule has 0 atom stereocenters. The fraction of sp³-hybridized carbons (Fsp3) is 0.167. The Morgan fingerprint density at radius 3 is 2.43 bits per heavy atom. The van der Waals surface area contributed by atoms with E-state index in [4.69, 9.17) is 4.74 Å². The summed E-state index contributed by atoms with van der Waals surface area (Å²) in [5.74, 6) is 0.946. The molecule has 0 heterocycles. The van der Waals surface area contributed by atoms with Gasteiger partial charge in [0, 0.05) is 0 Å². The zero-order valence-corrected chi connectivity index (χ0v) is 7.66. The zero-order chi connectivity index (χ0) is 9.10. The van der Waals surface area contributed by atoms with Crippen LogP contribution >= 0.6 is 0 Å². The second-order valence-electron chi connectivity index (χ2n) is 2.94. The van der Waals surface area contributed by atoms with Gasteiger partial charge in [0.25, 0.3) is 0 Å². The number of fused-ring (bicyclic) bond motifs is 1. The molecule has 0 radical (unpaired) electrons. The molecule has 0 saturated carbocycles. The van der Waals surface area contributed by atoms with Crippen molar-refractivity contribution in [1.82, 2.24) is 0 Å². The van der Waals surface area contributed by atoms with Gasteiger partial charge in [-0.25, -0.2) is 0 Å². The molecule has 0 aromatic heterocycles. The average Bonchev–Trinajstić information content (AvgIpc) is 2.18. The van der Waals surface area contributed by atoms with Crippen molar-refractivity contribution in [2.75, 3.05) is 6.61 Å². The van der Waals surface area contributed by atoms with Gasteiger partial charge in [-0.3, -0.25) is 0 Å². The summed E-state index contributed by atoms with van der Waals surface area (Å²) in [5, 5.41) is 2.49. The van der Waals surface area contributed by atoms with Gasteiger partial charge < -0.3 is 4.74 Å². The predicted octanol–water partition coefficient (Wildman–Crippen LogP) is 2.59. The molecule has 2 aromatic rings. The Morgan fingerprint density at radius 2 is 1.71 bits per heavy atom. The van der Waals surface area contributed by atoms with E-state index in [1.165, 1.54) is 10.8 Å². The van der Waals surface area contributed by atoms with Crippen LogP contribution in [0.15, 0.2) is 42.5 Å². The predicted molar refractivity (Wildman–Crippen MR) is 62.3 cm³/mol. The van der Waals surface area contributed by atoms with Crippen LogP contribution in [-0.2, 0) is 0 Å². The molecule has 2 rings (SSSR count). The minimum atomic E-state index is 0. The van der Waals surface area contributed by atoms with E-state index in [1.54, 1.807) is 0 Å². The van der Waals surface area contributed by atoms with E-state index in [-0.39, 0.29) is 51.4 Å². The Labute approximate surface area is 127 Å². The van der Waals surface area contributed by atoms with Crippen LogP contribution < -0.4 is 4.74 Å².